The highest BCUT2D eigenvalue weighted by molar-refractivity contribution is 5.95. The number of carboxylic acid groups (broad SMARTS) is 1. The van der Waals surface area contributed by atoms with Crippen LogP contribution in [0.25, 0.3) is 0 Å². The van der Waals surface area contributed by atoms with Gasteiger partial charge in [-0.2, -0.15) is 0 Å². The number of carbonyl (C=O) groups is 2. The van der Waals surface area contributed by atoms with Crippen molar-refractivity contribution in [2.75, 3.05) is 13.2 Å². The smallest absolute Gasteiger partial charge is 0.313 e. The lowest BCUT2D eigenvalue weighted by atomic mass is 9.85. The zero-order valence-electron chi connectivity index (χ0n) is 10.4. The Balaban J connectivity index is 2.13. The van der Waals surface area contributed by atoms with E-state index in [1.165, 1.54) is 19.1 Å². The lowest BCUT2D eigenvalue weighted by Crippen LogP contribution is -2.49. The zero-order chi connectivity index (χ0) is 14.0. The number of hydrogen-bond acceptors (Lipinski definition) is 4. The fourth-order valence-electron chi connectivity index (χ4n) is 1.97. The Bertz CT molecular complexity index is 516. The third-order valence-electron chi connectivity index (χ3n) is 3.36. The number of phenolic OH excluding ortho intramolecular Hbond substituents is 1. The maximum atomic E-state index is 12.0. The summed E-state index contributed by atoms with van der Waals surface area (Å²) >= 11 is 0. The van der Waals surface area contributed by atoms with Gasteiger partial charge in [0.2, 0.25) is 0 Å². The van der Waals surface area contributed by atoms with Gasteiger partial charge in [0.15, 0.2) is 0 Å². The van der Waals surface area contributed by atoms with Crippen molar-refractivity contribution in [1.29, 1.82) is 0 Å². The molecule has 0 aromatic heterocycles. The van der Waals surface area contributed by atoms with E-state index in [4.69, 9.17) is 4.74 Å². The summed E-state index contributed by atoms with van der Waals surface area (Å²) < 4.78 is 5.15. The summed E-state index contributed by atoms with van der Waals surface area (Å²) in [5.74, 6) is -1.46. The summed E-state index contributed by atoms with van der Waals surface area (Å²) in [7, 11) is 0. The van der Waals surface area contributed by atoms with Crippen LogP contribution in [0.1, 0.15) is 17.3 Å². The van der Waals surface area contributed by atoms with E-state index >= 15 is 0 Å². The van der Waals surface area contributed by atoms with Crippen LogP contribution in [0.4, 0.5) is 0 Å². The highest BCUT2D eigenvalue weighted by atomic mass is 16.5. The average Bonchev–Trinajstić information content (AvgIpc) is 2.72. The first-order valence-electron chi connectivity index (χ1n) is 5.84. The lowest BCUT2D eigenvalue weighted by Gasteiger charge is -2.25. The third-order valence-corrected chi connectivity index (χ3v) is 3.36. The minimum atomic E-state index is -1.13. The van der Waals surface area contributed by atoms with Crippen molar-refractivity contribution in [1.82, 2.24) is 5.32 Å². The number of nitrogens with one attached hydrogen (secondary N) is 1. The molecule has 2 rings (SSSR count). The molecular weight excluding hydrogens is 250 g/mol. The fourth-order valence-corrected chi connectivity index (χ4v) is 1.97. The number of hydrogen-bond donors (Lipinski definition) is 3. The molecule has 102 valence electrons. The summed E-state index contributed by atoms with van der Waals surface area (Å²) in [6.07, 6.45) is 0. The Kier molecular flexibility index (Phi) is 3.44. The summed E-state index contributed by atoms with van der Waals surface area (Å²) in [5.41, 5.74) is -0.855. The molecule has 6 nitrogen and oxygen atoms in total. The van der Waals surface area contributed by atoms with E-state index in [0.29, 0.717) is 0 Å². The van der Waals surface area contributed by atoms with Crippen molar-refractivity contribution in [2.45, 2.75) is 13.0 Å². The zero-order valence-corrected chi connectivity index (χ0v) is 10.4. The number of aliphatic carboxylic acids is 1. The standard InChI is InChI=1S/C13H15NO5/c1-13(12(17)18)7-19-6-10(13)14-11(16)8-3-2-4-9(15)5-8/h2-5,10,15H,6-7H2,1H3,(H,14,16)(H,17,18). The normalized spacial score (nSPS) is 26.1. The van der Waals surface area contributed by atoms with E-state index in [2.05, 4.69) is 5.32 Å². The molecule has 0 bridgehead atoms. The molecular formula is C13H15NO5. The Morgan fingerprint density at radius 2 is 2.21 bits per heavy atom. The quantitative estimate of drug-likeness (QED) is 0.744. The van der Waals surface area contributed by atoms with Gasteiger partial charge in [0, 0.05) is 5.56 Å². The van der Waals surface area contributed by atoms with Crippen molar-refractivity contribution in [3.8, 4) is 5.75 Å². The number of carbonyl (C=O) groups excluding carboxylic acids is 1. The third kappa shape index (κ3) is 2.53. The van der Waals surface area contributed by atoms with Crippen LogP contribution in [0.2, 0.25) is 0 Å². The molecule has 2 unspecified atom stereocenters. The molecule has 6 heteroatoms. The van der Waals surface area contributed by atoms with E-state index < -0.39 is 23.3 Å². The molecule has 1 amide bonds. The summed E-state index contributed by atoms with van der Waals surface area (Å²) in [6.45, 7) is 1.76. The molecule has 0 radical (unpaired) electrons. The number of phenols is 1. The number of amides is 1. The molecule has 1 aliphatic rings. The Morgan fingerprint density at radius 3 is 2.84 bits per heavy atom. The average molecular weight is 265 g/mol. The summed E-state index contributed by atoms with van der Waals surface area (Å²) in [4.78, 5) is 23.2. The van der Waals surface area contributed by atoms with Gasteiger partial charge in [-0.3, -0.25) is 9.59 Å². The highest BCUT2D eigenvalue weighted by Crippen LogP contribution is 2.29. The number of benzene rings is 1. The van der Waals surface area contributed by atoms with Gasteiger partial charge in [-0.25, -0.2) is 0 Å². The number of aromatic hydroxyl groups is 1. The van der Waals surface area contributed by atoms with Crippen LogP contribution in [0.15, 0.2) is 24.3 Å². The number of carboxylic acids is 1. The van der Waals surface area contributed by atoms with Gasteiger partial charge in [-0.1, -0.05) is 6.07 Å². The first-order chi connectivity index (χ1) is 8.93. The maximum absolute atomic E-state index is 12.0. The first-order valence-corrected chi connectivity index (χ1v) is 5.84. The van der Waals surface area contributed by atoms with Crippen molar-refractivity contribution in [3.63, 3.8) is 0 Å². The molecule has 0 saturated carbocycles. The topological polar surface area (TPSA) is 95.9 Å². The number of rotatable bonds is 3. The van der Waals surface area contributed by atoms with Gasteiger partial charge in [-0.15, -0.1) is 0 Å². The summed E-state index contributed by atoms with van der Waals surface area (Å²) in [6, 6.07) is 5.27. The van der Waals surface area contributed by atoms with Gasteiger partial charge in [-0.05, 0) is 25.1 Å². The molecule has 19 heavy (non-hydrogen) atoms. The SMILES string of the molecule is CC1(C(=O)O)COCC1NC(=O)c1cccc(O)c1. The summed E-state index contributed by atoms with van der Waals surface area (Å²) in [5, 5.41) is 21.2. The minimum Gasteiger partial charge on any atom is -0.508 e. The molecule has 0 aliphatic carbocycles. The van der Waals surface area contributed by atoms with Crippen LogP contribution < -0.4 is 5.32 Å². The minimum absolute atomic E-state index is 0.0173. The van der Waals surface area contributed by atoms with Gasteiger partial charge in [0.25, 0.3) is 5.91 Å². The van der Waals surface area contributed by atoms with Crippen molar-refractivity contribution in [3.05, 3.63) is 29.8 Å². The van der Waals surface area contributed by atoms with Crippen LogP contribution in [-0.4, -0.2) is 41.3 Å². The van der Waals surface area contributed by atoms with Crippen LogP contribution in [-0.2, 0) is 9.53 Å². The molecule has 1 aliphatic heterocycles. The molecule has 1 aromatic rings. The predicted molar refractivity (Wildman–Crippen MR) is 65.9 cm³/mol. The van der Waals surface area contributed by atoms with Crippen LogP contribution in [0.3, 0.4) is 0 Å². The van der Waals surface area contributed by atoms with Crippen LogP contribution >= 0.6 is 0 Å². The van der Waals surface area contributed by atoms with E-state index in [9.17, 15) is 19.8 Å². The predicted octanol–water partition coefficient (Wildman–Crippen LogP) is 0.612. The van der Waals surface area contributed by atoms with Crippen LogP contribution in [0.5, 0.6) is 5.75 Å². The second kappa shape index (κ2) is 4.89. The monoisotopic (exact) mass is 265 g/mol. The molecule has 0 spiro atoms. The van der Waals surface area contributed by atoms with Crippen molar-refractivity contribution < 1.29 is 24.5 Å². The molecule has 1 saturated heterocycles. The van der Waals surface area contributed by atoms with Gasteiger partial charge in [0.1, 0.15) is 11.2 Å². The van der Waals surface area contributed by atoms with Gasteiger partial charge >= 0.3 is 5.97 Å². The van der Waals surface area contributed by atoms with Gasteiger partial charge < -0.3 is 20.3 Å². The van der Waals surface area contributed by atoms with Crippen molar-refractivity contribution in [2.24, 2.45) is 5.41 Å². The van der Waals surface area contributed by atoms with Crippen LogP contribution in [0, 0.1) is 5.41 Å². The largest absolute Gasteiger partial charge is 0.508 e. The lowest BCUT2D eigenvalue weighted by molar-refractivity contribution is -0.148. The maximum Gasteiger partial charge on any atom is 0.313 e. The number of ether oxygens (including phenoxy) is 1. The molecule has 1 aromatic carbocycles. The van der Waals surface area contributed by atoms with Crippen molar-refractivity contribution >= 4 is 11.9 Å². The molecule has 3 N–H and O–H groups in total. The molecule has 1 heterocycles. The van der Waals surface area contributed by atoms with E-state index in [0.717, 1.165) is 0 Å². The van der Waals surface area contributed by atoms with E-state index in [1.54, 1.807) is 12.1 Å². The molecule has 1 fully saturated rings. The van der Waals surface area contributed by atoms with Gasteiger partial charge in [0.05, 0.1) is 19.3 Å². The Morgan fingerprint density at radius 1 is 1.47 bits per heavy atom. The fraction of sp³-hybridized carbons (Fsp3) is 0.385. The Labute approximate surface area is 110 Å². The second-order valence-electron chi connectivity index (χ2n) is 4.81. The van der Waals surface area contributed by atoms with E-state index in [1.807, 2.05) is 0 Å². The first kappa shape index (κ1) is 13.4. The second-order valence-corrected chi connectivity index (χ2v) is 4.81. The molecule has 2 atom stereocenters. The van der Waals surface area contributed by atoms with E-state index in [-0.39, 0.29) is 24.5 Å². The Hall–Kier alpha value is -2.08. The highest BCUT2D eigenvalue weighted by Gasteiger charge is 2.47.